The first kappa shape index (κ1) is 47.7. The second-order valence-corrected chi connectivity index (χ2v) is 18.0. The zero-order chi connectivity index (χ0) is 45.2. The van der Waals surface area contributed by atoms with Crippen LogP contribution in [-0.4, -0.2) is 101 Å². The van der Waals surface area contributed by atoms with E-state index in [9.17, 15) is 13.5 Å². The fraction of sp³-hybridized carbons (Fsp3) is 0.360. The Hall–Kier alpha value is -5.77. The first-order chi connectivity index (χ1) is 31.1. The molecule has 0 aliphatic carbocycles. The summed E-state index contributed by atoms with van der Waals surface area (Å²) in [5, 5.41) is 16.2. The summed E-state index contributed by atoms with van der Waals surface area (Å²) < 4.78 is 31.0. The number of rotatable bonds is 21. The standard InChI is InChI=1S/C27H34N4O.C23H29N5O3S/c1-3-31(24-13-15-28-19-24)20-22-9-4-10-23(17-22)26-14-16-29-27(30-26)12-6-8-21-7-5-11-25(18-21)32-2;1-32(30,31)28(13-3-11-24)16-19-4-2-5-20(14-19)22-15-23(27-17-26-22)25-12-10-18-6-8-21(29)9-7-18/h4-5,7,9-11,14,16-18,24,28H,3,6,8,12-13,15,19-20H2,1-2H3;2,4-9,14-15,17,29H,3,10-13,16,24H2,1H3,(H,25,26,27). The van der Waals surface area contributed by atoms with Gasteiger partial charge in [-0.25, -0.2) is 28.4 Å². The van der Waals surface area contributed by atoms with Crippen LogP contribution in [0.25, 0.3) is 22.5 Å². The smallest absolute Gasteiger partial charge is 0.211 e. The van der Waals surface area contributed by atoms with E-state index in [4.69, 9.17) is 15.5 Å². The Kier molecular flexibility index (Phi) is 18.1. The molecular weight excluding hydrogens is 823 g/mol. The molecule has 7 rings (SSSR count). The quantitative estimate of drug-likeness (QED) is 0.0578. The molecule has 4 aromatic carbocycles. The molecule has 13 nitrogen and oxygen atoms in total. The summed E-state index contributed by atoms with van der Waals surface area (Å²) in [6.07, 6.45) is 10.1. The van der Waals surface area contributed by atoms with E-state index in [1.54, 1.807) is 19.2 Å². The number of ether oxygens (including phenoxy) is 1. The van der Waals surface area contributed by atoms with Gasteiger partial charge in [-0.2, -0.15) is 4.31 Å². The number of sulfonamides is 1. The molecule has 1 unspecified atom stereocenters. The van der Waals surface area contributed by atoms with Gasteiger partial charge in [-0.3, -0.25) is 4.90 Å². The second kappa shape index (κ2) is 24.3. The van der Waals surface area contributed by atoms with Crippen LogP contribution in [0.2, 0.25) is 0 Å². The lowest BCUT2D eigenvalue weighted by Crippen LogP contribution is -2.36. The number of likely N-dealkylation sites (N-methyl/N-ethyl adjacent to an activating group) is 1. The molecule has 0 radical (unpaired) electrons. The third-order valence-corrected chi connectivity index (χ3v) is 12.5. The lowest BCUT2D eigenvalue weighted by Gasteiger charge is -2.27. The number of nitrogens with one attached hydrogen (secondary N) is 2. The van der Waals surface area contributed by atoms with Crippen molar-refractivity contribution in [3.8, 4) is 34.0 Å². The van der Waals surface area contributed by atoms with Crippen molar-refractivity contribution >= 4 is 15.8 Å². The van der Waals surface area contributed by atoms with Crippen LogP contribution < -0.4 is 21.1 Å². The predicted molar refractivity (Wildman–Crippen MR) is 257 cm³/mol. The third kappa shape index (κ3) is 14.9. The monoisotopic (exact) mass is 885 g/mol. The summed E-state index contributed by atoms with van der Waals surface area (Å²) in [7, 11) is -1.62. The van der Waals surface area contributed by atoms with E-state index in [-0.39, 0.29) is 12.3 Å². The molecule has 1 fully saturated rings. The van der Waals surface area contributed by atoms with Crippen molar-refractivity contribution in [2.45, 2.75) is 64.6 Å². The average molecular weight is 886 g/mol. The van der Waals surface area contributed by atoms with E-state index in [2.05, 4.69) is 73.8 Å². The summed E-state index contributed by atoms with van der Waals surface area (Å²) in [6, 6.07) is 36.4. The Balaban J connectivity index is 0.000000213. The van der Waals surface area contributed by atoms with Gasteiger partial charge in [0, 0.05) is 68.6 Å². The predicted octanol–water partition coefficient (Wildman–Crippen LogP) is 7.13. The van der Waals surface area contributed by atoms with Crippen molar-refractivity contribution in [2.24, 2.45) is 5.73 Å². The Labute approximate surface area is 379 Å². The van der Waals surface area contributed by atoms with Crippen LogP contribution in [0.3, 0.4) is 0 Å². The lowest BCUT2D eigenvalue weighted by atomic mass is 10.1. The first-order valence-electron chi connectivity index (χ1n) is 22.2. The van der Waals surface area contributed by atoms with Gasteiger partial charge >= 0.3 is 0 Å². The van der Waals surface area contributed by atoms with Crippen LogP contribution in [0.15, 0.2) is 122 Å². The van der Waals surface area contributed by atoms with Crippen molar-refractivity contribution in [3.05, 3.63) is 150 Å². The second-order valence-electron chi connectivity index (χ2n) is 16.0. The van der Waals surface area contributed by atoms with Crippen LogP contribution in [-0.2, 0) is 42.4 Å². The molecule has 5 N–H and O–H groups in total. The van der Waals surface area contributed by atoms with Crippen LogP contribution in [0.5, 0.6) is 11.5 Å². The highest BCUT2D eigenvalue weighted by molar-refractivity contribution is 7.88. The minimum absolute atomic E-state index is 0.253. The van der Waals surface area contributed by atoms with Gasteiger partial charge in [0.2, 0.25) is 10.0 Å². The number of aromatic nitrogens is 4. The van der Waals surface area contributed by atoms with Gasteiger partial charge in [0.05, 0.1) is 24.8 Å². The number of nitrogens with two attached hydrogens (primary N) is 1. The van der Waals surface area contributed by atoms with Gasteiger partial charge in [-0.05, 0) is 116 Å². The number of hydrogen-bond donors (Lipinski definition) is 4. The highest BCUT2D eigenvalue weighted by Gasteiger charge is 2.21. The van der Waals surface area contributed by atoms with Crippen molar-refractivity contribution in [1.29, 1.82) is 0 Å². The largest absolute Gasteiger partial charge is 0.508 e. The number of nitrogens with zero attached hydrogens (tertiary/aromatic N) is 6. The fourth-order valence-electron chi connectivity index (χ4n) is 7.74. The molecule has 0 spiro atoms. The number of methoxy groups -OCH3 is 1. The van der Waals surface area contributed by atoms with E-state index in [0.29, 0.717) is 37.9 Å². The average Bonchev–Trinajstić information content (AvgIpc) is 3.86. The van der Waals surface area contributed by atoms with E-state index in [1.165, 1.54) is 40.0 Å². The number of anilines is 1. The zero-order valence-electron chi connectivity index (χ0n) is 37.4. The molecule has 338 valence electrons. The number of hydrogen-bond acceptors (Lipinski definition) is 12. The first-order valence-corrected chi connectivity index (χ1v) is 24.0. The maximum Gasteiger partial charge on any atom is 0.211 e. The number of aromatic hydroxyl groups is 1. The van der Waals surface area contributed by atoms with E-state index in [1.807, 2.05) is 66.9 Å². The van der Waals surface area contributed by atoms with Gasteiger partial charge in [0.1, 0.15) is 29.5 Å². The number of phenols is 1. The Morgan fingerprint density at radius 2 is 1.55 bits per heavy atom. The van der Waals surface area contributed by atoms with Gasteiger partial charge in [0.25, 0.3) is 0 Å². The van der Waals surface area contributed by atoms with Crippen molar-refractivity contribution in [3.63, 3.8) is 0 Å². The highest BCUT2D eigenvalue weighted by Crippen LogP contribution is 2.24. The number of aryl methyl sites for hydroxylation is 2. The SMILES string of the molecule is CCN(Cc1cccc(-c2ccnc(CCCc3cccc(OC)c3)n2)c1)C1CCNC1.CS(=O)(=O)N(CCCN)Cc1cccc(-c2cc(NCCc3ccc(O)cc3)ncn2)c1. The van der Waals surface area contributed by atoms with Gasteiger partial charge in [-0.1, -0.05) is 67.6 Å². The van der Waals surface area contributed by atoms with Crippen LogP contribution >= 0.6 is 0 Å². The maximum absolute atomic E-state index is 12.1. The molecule has 0 amide bonds. The zero-order valence-corrected chi connectivity index (χ0v) is 38.2. The normalized spacial score (nSPS) is 13.8. The van der Waals surface area contributed by atoms with Crippen molar-refractivity contribution < 1.29 is 18.3 Å². The van der Waals surface area contributed by atoms with Crippen LogP contribution in [0, 0.1) is 0 Å². The summed E-state index contributed by atoms with van der Waals surface area (Å²) in [5.74, 6) is 2.78. The van der Waals surface area contributed by atoms with Crippen LogP contribution in [0.1, 0.15) is 54.3 Å². The van der Waals surface area contributed by atoms with Crippen molar-refractivity contribution in [1.82, 2.24) is 34.5 Å². The molecule has 2 aromatic heterocycles. The number of phenolic OH excluding ortho intramolecular Hbond substituents is 1. The molecule has 14 heteroatoms. The summed E-state index contributed by atoms with van der Waals surface area (Å²) >= 11 is 0. The maximum atomic E-state index is 12.1. The highest BCUT2D eigenvalue weighted by atomic mass is 32.2. The molecule has 64 heavy (non-hydrogen) atoms. The van der Waals surface area contributed by atoms with E-state index >= 15 is 0 Å². The minimum Gasteiger partial charge on any atom is -0.508 e. The molecule has 1 atom stereocenters. The molecule has 6 aromatic rings. The molecule has 3 heterocycles. The van der Waals surface area contributed by atoms with E-state index < -0.39 is 10.0 Å². The Morgan fingerprint density at radius 1 is 0.812 bits per heavy atom. The van der Waals surface area contributed by atoms with Gasteiger partial charge in [0.15, 0.2) is 0 Å². The molecule has 1 aliphatic rings. The lowest BCUT2D eigenvalue weighted by molar-refractivity contribution is 0.210. The van der Waals surface area contributed by atoms with Gasteiger partial charge < -0.3 is 26.2 Å². The third-order valence-electron chi connectivity index (χ3n) is 11.3. The Morgan fingerprint density at radius 3 is 2.25 bits per heavy atom. The summed E-state index contributed by atoms with van der Waals surface area (Å²) in [6.45, 7) is 8.33. The molecule has 0 saturated carbocycles. The molecule has 1 aliphatic heterocycles. The van der Waals surface area contributed by atoms with Crippen LogP contribution in [0.4, 0.5) is 5.82 Å². The Bertz CT molecular complexity index is 2470. The van der Waals surface area contributed by atoms with Crippen molar-refractivity contribution in [2.75, 3.05) is 58.0 Å². The molecule has 1 saturated heterocycles. The summed E-state index contributed by atoms with van der Waals surface area (Å²) in [4.78, 5) is 20.6. The fourth-order valence-corrected chi connectivity index (χ4v) is 8.59. The topological polar surface area (TPSA) is 172 Å². The molecular formula is C50H63N9O4S. The van der Waals surface area contributed by atoms with Gasteiger partial charge in [-0.15, -0.1) is 0 Å². The molecule has 0 bridgehead atoms. The van der Waals surface area contributed by atoms with E-state index in [0.717, 1.165) is 91.5 Å². The summed E-state index contributed by atoms with van der Waals surface area (Å²) in [5.41, 5.74) is 14.0. The number of benzene rings is 4. The minimum atomic E-state index is -3.33.